The average molecular weight is 313 g/mol. The summed E-state index contributed by atoms with van der Waals surface area (Å²) in [4.78, 5) is 12.1. The molecule has 0 bridgehead atoms. The quantitative estimate of drug-likeness (QED) is 0.602. The largest absolute Gasteiger partial charge is 0.357 e. The summed E-state index contributed by atoms with van der Waals surface area (Å²) in [6.45, 7) is 4.51. The van der Waals surface area contributed by atoms with Crippen molar-refractivity contribution in [1.82, 2.24) is 16.2 Å². The maximum atomic E-state index is 12.1. The molecule has 0 aromatic heterocycles. The zero-order valence-corrected chi connectivity index (χ0v) is 13.5. The first-order chi connectivity index (χ1) is 10.6. The van der Waals surface area contributed by atoms with Crippen LogP contribution in [0.1, 0.15) is 27.0 Å². The third kappa shape index (κ3) is 4.56. The number of aryl methyl sites for hydroxylation is 2. The fourth-order valence-electron chi connectivity index (χ4n) is 2.07. The SMILES string of the molecule is Cc1ccc(C(=O)NNC(=S)NCc2ccccc2)c(C)c1. The molecule has 0 saturated carbocycles. The van der Waals surface area contributed by atoms with Crippen molar-refractivity contribution >= 4 is 23.2 Å². The van der Waals surface area contributed by atoms with Crippen LogP contribution in [-0.4, -0.2) is 11.0 Å². The van der Waals surface area contributed by atoms with Crippen LogP contribution in [0.3, 0.4) is 0 Å². The van der Waals surface area contributed by atoms with Crippen LogP contribution in [0, 0.1) is 13.8 Å². The summed E-state index contributed by atoms with van der Waals surface area (Å²) in [6.07, 6.45) is 0. The minimum atomic E-state index is -0.207. The molecule has 0 spiro atoms. The van der Waals surface area contributed by atoms with E-state index in [2.05, 4.69) is 16.2 Å². The summed E-state index contributed by atoms with van der Waals surface area (Å²) in [5, 5.41) is 3.41. The van der Waals surface area contributed by atoms with Crippen molar-refractivity contribution in [2.45, 2.75) is 20.4 Å². The van der Waals surface area contributed by atoms with Crippen molar-refractivity contribution in [2.24, 2.45) is 0 Å². The molecule has 0 saturated heterocycles. The molecule has 0 aliphatic rings. The Hall–Kier alpha value is -2.40. The smallest absolute Gasteiger partial charge is 0.269 e. The average Bonchev–Trinajstić information content (AvgIpc) is 2.51. The lowest BCUT2D eigenvalue weighted by molar-refractivity contribution is 0.0943. The number of hydrogen-bond donors (Lipinski definition) is 3. The van der Waals surface area contributed by atoms with Gasteiger partial charge < -0.3 is 5.32 Å². The van der Waals surface area contributed by atoms with Gasteiger partial charge >= 0.3 is 0 Å². The van der Waals surface area contributed by atoms with Crippen molar-refractivity contribution in [3.05, 3.63) is 70.8 Å². The first kappa shape index (κ1) is 16.0. The molecular weight excluding hydrogens is 294 g/mol. The summed E-state index contributed by atoms with van der Waals surface area (Å²) in [5.41, 5.74) is 9.12. The Bertz CT molecular complexity index is 671. The van der Waals surface area contributed by atoms with Gasteiger partial charge in [0.1, 0.15) is 0 Å². The van der Waals surface area contributed by atoms with Crippen LogP contribution in [0.25, 0.3) is 0 Å². The van der Waals surface area contributed by atoms with Crippen LogP contribution in [0.2, 0.25) is 0 Å². The zero-order chi connectivity index (χ0) is 15.9. The molecule has 0 aliphatic heterocycles. The number of benzene rings is 2. The van der Waals surface area contributed by atoms with E-state index in [0.29, 0.717) is 17.2 Å². The van der Waals surface area contributed by atoms with Gasteiger partial charge in [0.25, 0.3) is 5.91 Å². The molecule has 3 N–H and O–H groups in total. The van der Waals surface area contributed by atoms with Gasteiger partial charge in [0.2, 0.25) is 0 Å². The van der Waals surface area contributed by atoms with Crippen LogP contribution >= 0.6 is 12.2 Å². The van der Waals surface area contributed by atoms with Gasteiger partial charge in [0.05, 0.1) is 0 Å². The number of thiocarbonyl (C=S) groups is 1. The molecule has 0 heterocycles. The Balaban J connectivity index is 1.82. The predicted octanol–water partition coefficient (Wildman–Crippen LogP) is 2.61. The van der Waals surface area contributed by atoms with Crippen LogP contribution in [-0.2, 0) is 6.54 Å². The highest BCUT2D eigenvalue weighted by atomic mass is 32.1. The summed E-state index contributed by atoms with van der Waals surface area (Å²) in [7, 11) is 0. The van der Waals surface area contributed by atoms with Gasteiger partial charge in [-0.05, 0) is 43.3 Å². The highest BCUT2D eigenvalue weighted by Crippen LogP contribution is 2.09. The Morgan fingerprint density at radius 2 is 1.77 bits per heavy atom. The molecule has 2 rings (SSSR count). The number of rotatable bonds is 3. The molecule has 0 fully saturated rings. The molecule has 0 radical (unpaired) electrons. The van der Waals surface area contributed by atoms with Crippen LogP contribution < -0.4 is 16.2 Å². The number of carbonyl (C=O) groups is 1. The molecule has 5 heteroatoms. The van der Waals surface area contributed by atoms with Crippen molar-refractivity contribution in [3.63, 3.8) is 0 Å². The van der Waals surface area contributed by atoms with Crippen molar-refractivity contribution in [2.75, 3.05) is 0 Å². The second-order valence-corrected chi connectivity index (χ2v) is 5.47. The lowest BCUT2D eigenvalue weighted by Crippen LogP contribution is -2.46. The van der Waals surface area contributed by atoms with Crippen molar-refractivity contribution < 1.29 is 4.79 Å². The number of hydrogen-bond acceptors (Lipinski definition) is 2. The predicted molar refractivity (Wildman–Crippen MR) is 92.4 cm³/mol. The zero-order valence-electron chi connectivity index (χ0n) is 12.6. The molecule has 22 heavy (non-hydrogen) atoms. The highest BCUT2D eigenvalue weighted by Gasteiger charge is 2.08. The van der Waals surface area contributed by atoms with Gasteiger partial charge in [-0.15, -0.1) is 0 Å². The van der Waals surface area contributed by atoms with E-state index in [-0.39, 0.29) is 5.91 Å². The Labute approximate surface area is 135 Å². The molecule has 1 amide bonds. The Morgan fingerprint density at radius 3 is 2.45 bits per heavy atom. The summed E-state index contributed by atoms with van der Waals surface area (Å²) >= 11 is 5.14. The van der Waals surface area contributed by atoms with Crippen molar-refractivity contribution in [3.8, 4) is 0 Å². The first-order valence-electron chi connectivity index (χ1n) is 7.01. The topological polar surface area (TPSA) is 53.2 Å². The lowest BCUT2D eigenvalue weighted by Gasteiger charge is -2.12. The minimum absolute atomic E-state index is 0.207. The van der Waals surface area contributed by atoms with Crippen LogP contribution in [0.15, 0.2) is 48.5 Å². The van der Waals surface area contributed by atoms with Gasteiger partial charge in [0.15, 0.2) is 5.11 Å². The van der Waals surface area contributed by atoms with E-state index in [4.69, 9.17) is 12.2 Å². The molecule has 0 atom stereocenters. The maximum absolute atomic E-state index is 12.1. The number of carbonyl (C=O) groups excluding carboxylic acids is 1. The normalized spacial score (nSPS) is 9.91. The van der Waals surface area contributed by atoms with Crippen molar-refractivity contribution in [1.29, 1.82) is 0 Å². The lowest BCUT2D eigenvalue weighted by atomic mass is 10.1. The van der Waals surface area contributed by atoms with E-state index in [1.807, 2.05) is 62.4 Å². The fraction of sp³-hybridized carbons (Fsp3) is 0.176. The third-order valence-electron chi connectivity index (χ3n) is 3.21. The molecule has 0 unspecified atom stereocenters. The van der Waals surface area contributed by atoms with E-state index in [9.17, 15) is 4.79 Å². The van der Waals surface area contributed by atoms with E-state index in [1.54, 1.807) is 0 Å². The number of hydrazine groups is 1. The second kappa shape index (κ2) is 7.56. The number of nitrogens with one attached hydrogen (secondary N) is 3. The maximum Gasteiger partial charge on any atom is 0.269 e. The second-order valence-electron chi connectivity index (χ2n) is 5.07. The molecule has 2 aromatic rings. The molecule has 0 aliphatic carbocycles. The van der Waals surface area contributed by atoms with Gasteiger partial charge in [0, 0.05) is 12.1 Å². The minimum Gasteiger partial charge on any atom is -0.357 e. The standard InChI is InChI=1S/C17H19N3OS/c1-12-8-9-15(13(2)10-12)16(21)19-20-17(22)18-11-14-6-4-3-5-7-14/h3-10H,11H2,1-2H3,(H,19,21)(H2,18,20,22). The van der Waals surface area contributed by atoms with E-state index >= 15 is 0 Å². The van der Waals surface area contributed by atoms with E-state index in [0.717, 1.165) is 16.7 Å². The molecule has 114 valence electrons. The van der Waals surface area contributed by atoms with Crippen LogP contribution in [0.4, 0.5) is 0 Å². The van der Waals surface area contributed by atoms with Gasteiger partial charge in [-0.3, -0.25) is 15.6 Å². The molecular formula is C17H19N3OS. The molecule has 4 nitrogen and oxygen atoms in total. The van der Waals surface area contributed by atoms with Crippen LogP contribution in [0.5, 0.6) is 0 Å². The van der Waals surface area contributed by atoms with Gasteiger partial charge in [-0.1, -0.05) is 48.0 Å². The molecule has 2 aromatic carbocycles. The summed E-state index contributed by atoms with van der Waals surface area (Å²) < 4.78 is 0. The first-order valence-corrected chi connectivity index (χ1v) is 7.42. The van der Waals surface area contributed by atoms with Gasteiger partial charge in [-0.2, -0.15) is 0 Å². The van der Waals surface area contributed by atoms with E-state index in [1.165, 1.54) is 0 Å². The Morgan fingerprint density at radius 1 is 1.05 bits per heavy atom. The third-order valence-corrected chi connectivity index (χ3v) is 3.46. The summed E-state index contributed by atoms with van der Waals surface area (Å²) in [6, 6.07) is 15.6. The number of amides is 1. The summed E-state index contributed by atoms with van der Waals surface area (Å²) in [5.74, 6) is -0.207. The fourth-order valence-corrected chi connectivity index (χ4v) is 2.19. The monoisotopic (exact) mass is 313 g/mol. The van der Waals surface area contributed by atoms with Gasteiger partial charge in [-0.25, -0.2) is 0 Å². The highest BCUT2D eigenvalue weighted by molar-refractivity contribution is 7.80. The Kier molecular flexibility index (Phi) is 5.49. The van der Waals surface area contributed by atoms with E-state index < -0.39 is 0 Å².